The van der Waals surface area contributed by atoms with Crippen LogP contribution in [0.1, 0.15) is 50.5 Å². The van der Waals surface area contributed by atoms with E-state index in [9.17, 15) is 5.11 Å². The minimum absolute atomic E-state index is 0.292. The molecule has 0 amide bonds. The molecule has 1 aromatic carbocycles. The van der Waals surface area contributed by atoms with E-state index in [1.165, 1.54) is 50.5 Å². The highest BCUT2D eigenvalue weighted by Crippen LogP contribution is 2.28. The third kappa shape index (κ3) is 7.73. The third-order valence-corrected chi connectivity index (χ3v) is 6.39. The zero-order valence-electron chi connectivity index (χ0n) is 18.9. The lowest BCUT2D eigenvalue weighted by Gasteiger charge is -2.29. The summed E-state index contributed by atoms with van der Waals surface area (Å²) >= 11 is 0. The first-order chi connectivity index (χ1) is 14.6. The van der Waals surface area contributed by atoms with E-state index in [4.69, 9.17) is 9.47 Å². The normalized spacial score (nSPS) is 21.0. The number of nitrogens with zero attached hydrogens (tertiary/aromatic N) is 2. The highest BCUT2D eigenvalue weighted by Gasteiger charge is 2.17. The Hall–Kier alpha value is -1.34. The van der Waals surface area contributed by atoms with Crippen molar-refractivity contribution >= 4 is 0 Å². The van der Waals surface area contributed by atoms with Crippen molar-refractivity contribution in [2.45, 2.75) is 63.6 Å². The van der Waals surface area contributed by atoms with E-state index in [1.54, 1.807) is 7.11 Å². The van der Waals surface area contributed by atoms with Crippen LogP contribution in [0.4, 0.5) is 0 Å². The minimum Gasteiger partial charge on any atom is -0.493 e. The zero-order chi connectivity index (χ0) is 21.2. The molecule has 0 saturated carbocycles. The van der Waals surface area contributed by atoms with Crippen LogP contribution in [-0.4, -0.2) is 80.5 Å². The second kappa shape index (κ2) is 12.5. The Morgan fingerprint density at radius 1 is 1.03 bits per heavy atom. The number of β-amino-alcohol motifs (C(OH)–C–C–N with tert-alkyl or cyclic N) is 1. The van der Waals surface area contributed by atoms with Gasteiger partial charge in [0.05, 0.1) is 7.11 Å². The molecule has 6 heteroatoms. The van der Waals surface area contributed by atoms with E-state index in [0.29, 0.717) is 24.9 Å². The molecule has 2 fully saturated rings. The van der Waals surface area contributed by atoms with Crippen LogP contribution in [0.3, 0.4) is 0 Å². The summed E-state index contributed by atoms with van der Waals surface area (Å²) in [6.07, 6.45) is 8.33. The lowest BCUT2D eigenvalue weighted by molar-refractivity contribution is 0.0645. The molecule has 0 radical (unpaired) electrons. The van der Waals surface area contributed by atoms with Crippen LogP contribution in [0.25, 0.3) is 0 Å². The molecule has 2 aliphatic rings. The average Bonchev–Trinajstić information content (AvgIpc) is 2.74. The van der Waals surface area contributed by atoms with Gasteiger partial charge in [-0.1, -0.05) is 25.3 Å². The molecule has 0 aliphatic carbocycles. The van der Waals surface area contributed by atoms with E-state index in [2.05, 4.69) is 28.2 Å². The van der Waals surface area contributed by atoms with Crippen molar-refractivity contribution in [3.05, 3.63) is 23.8 Å². The van der Waals surface area contributed by atoms with Crippen LogP contribution in [0, 0.1) is 0 Å². The molecule has 0 bridgehead atoms. The first-order valence-electron chi connectivity index (χ1n) is 11.8. The molecule has 0 spiro atoms. The number of hydrogen-bond acceptors (Lipinski definition) is 6. The van der Waals surface area contributed by atoms with E-state index >= 15 is 0 Å². The maximum Gasteiger partial charge on any atom is 0.161 e. The first-order valence-corrected chi connectivity index (χ1v) is 11.8. The number of aliphatic hydroxyl groups excluding tert-OH is 1. The van der Waals surface area contributed by atoms with Gasteiger partial charge in [-0.15, -0.1) is 0 Å². The van der Waals surface area contributed by atoms with Crippen LogP contribution in [-0.2, 0) is 6.54 Å². The minimum atomic E-state index is -0.486. The fourth-order valence-corrected chi connectivity index (χ4v) is 4.45. The molecule has 1 unspecified atom stereocenters. The van der Waals surface area contributed by atoms with E-state index < -0.39 is 6.10 Å². The highest BCUT2D eigenvalue weighted by atomic mass is 16.5. The van der Waals surface area contributed by atoms with Crippen LogP contribution in [0.15, 0.2) is 18.2 Å². The van der Waals surface area contributed by atoms with Crippen LogP contribution < -0.4 is 14.8 Å². The summed E-state index contributed by atoms with van der Waals surface area (Å²) in [5.74, 6) is 1.43. The quantitative estimate of drug-likeness (QED) is 0.642. The molecule has 3 rings (SSSR count). The number of ether oxygens (including phenoxy) is 2. The lowest BCUT2D eigenvalue weighted by Crippen LogP contribution is -2.40. The van der Waals surface area contributed by atoms with Gasteiger partial charge in [-0.3, -0.25) is 0 Å². The van der Waals surface area contributed by atoms with Gasteiger partial charge in [-0.2, -0.15) is 0 Å². The molecule has 2 N–H and O–H groups in total. The standard InChI is InChI=1S/C24H41N3O3/c1-26-14-10-21(11-15-26)25-17-20-8-9-23(24(16-20)29-2)30-19-22(28)18-27-12-6-4-3-5-7-13-27/h8-9,16,21-22,25,28H,3-7,10-15,17-19H2,1-2H3. The molecule has 2 heterocycles. The fraction of sp³-hybridized carbons (Fsp3) is 0.750. The van der Waals surface area contributed by atoms with Crippen molar-refractivity contribution in [1.29, 1.82) is 0 Å². The molecular formula is C24H41N3O3. The van der Waals surface area contributed by atoms with Crippen molar-refractivity contribution in [2.24, 2.45) is 0 Å². The second-order valence-electron chi connectivity index (χ2n) is 8.98. The highest BCUT2D eigenvalue weighted by molar-refractivity contribution is 5.43. The predicted octanol–water partition coefficient (Wildman–Crippen LogP) is 2.88. The smallest absolute Gasteiger partial charge is 0.161 e. The van der Waals surface area contributed by atoms with Gasteiger partial charge in [-0.05, 0) is 76.6 Å². The zero-order valence-corrected chi connectivity index (χ0v) is 18.9. The number of benzene rings is 1. The van der Waals surface area contributed by atoms with Crippen molar-refractivity contribution in [3.8, 4) is 11.5 Å². The van der Waals surface area contributed by atoms with E-state index in [1.807, 2.05) is 12.1 Å². The van der Waals surface area contributed by atoms with Crippen molar-refractivity contribution in [2.75, 3.05) is 53.5 Å². The van der Waals surface area contributed by atoms with Crippen molar-refractivity contribution in [1.82, 2.24) is 15.1 Å². The Balaban J connectivity index is 1.44. The number of aliphatic hydroxyl groups is 1. The molecule has 2 saturated heterocycles. The fourth-order valence-electron chi connectivity index (χ4n) is 4.45. The van der Waals surface area contributed by atoms with Gasteiger partial charge in [0.15, 0.2) is 11.5 Å². The summed E-state index contributed by atoms with van der Waals surface area (Å²) in [6.45, 7) is 6.29. The first kappa shape index (κ1) is 23.3. The summed E-state index contributed by atoms with van der Waals surface area (Å²) in [5.41, 5.74) is 1.19. The van der Waals surface area contributed by atoms with Crippen LogP contribution in [0.5, 0.6) is 11.5 Å². The second-order valence-corrected chi connectivity index (χ2v) is 8.98. The largest absolute Gasteiger partial charge is 0.493 e. The molecule has 1 atom stereocenters. The van der Waals surface area contributed by atoms with Gasteiger partial charge >= 0.3 is 0 Å². The summed E-state index contributed by atoms with van der Waals surface area (Å²) in [7, 11) is 3.86. The SMILES string of the molecule is COc1cc(CNC2CCN(C)CC2)ccc1OCC(O)CN1CCCCCCC1. The predicted molar refractivity (Wildman–Crippen MR) is 121 cm³/mol. The monoisotopic (exact) mass is 419 g/mol. The summed E-state index contributed by atoms with van der Waals surface area (Å²) in [6, 6.07) is 6.68. The van der Waals surface area contributed by atoms with Gasteiger partial charge < -0.3 is 29.7 Å². The molecule has 1 aromatic rings. The molecule has 170 valence electrons. The van der Waals surface area contributed by atoms with Crippen molar-refractivity contribution < 1.29 is 14.6 Å². The number of likely N-dealkylation sites (tertiary alicyclic amines) is 2. The number of methoxy groups -OCH3 is 1. The lowest BCUT2D eigenvalue weighted by atomic mass is 10.1. The van der Waals surface area contributed by atoms with E-state index in [-0.39, 0.29) is 0 Å². The van der Waals surface area contributed by atoms with Gasteiger partial charge in [0.2, 0.25) is 0 Å². The number of piperidine rings is 1. The Morgan fingerprint density at radius 3 is 2.43 bits per heavy atom. The maximum atomic E-state index is 10.5. The van der Waals surface area contributed by atoms with Crippen molar-refractivity contribution in [3.63, 3.8) is 0 Å². The Kier molecular flexibility index (Phi) is 9.72. The number of hydrogen-bond donors (Lipinski definition) is 2. The summed E-state index contributed by atoms with van der Waals surface area (Å²) < 4.78 is 11.5. The van der Waals surface area contributed by atoms with Gasteiger partial charge in [0, 0.05) is 19.1 Å². The molecule has 30 heavy (non-hydrogen) atoms. The Labute approximate surface area is 182 Å². The number of nitrogens with one attached hydrogen (secondary N) is 1. The summed E-state index contributed by atoms with van der Waals surface area (Å²) in [5, 5.41) is 14.1. The van der Waals surface area contributed by atoms with E-state index in [0.717, 1.165) is 38.5 Å². The Bertz CT molecular complexity index is 612. The Morgan fingerprint density at radius 2 is 1.73 bits per heavy atom. The molecule has 6 nitrogen and oxygen atoms in total. The van der Waals surface area contributed by atoms with Gasteiger partial charge in [-0.25, -0.2) is 0 Å². The average molecular weight is 420 g/mol. The topological polar surface area (TPSA) is 57.2 Å². The number of rotatable bonds is 9. The van der Waals surface area contributed by atoms with Gasteiger partial charge in [0.1, 0.15) is 12.7 Å². The van der Waals surface area contributed by atoms with Gasteiger partial charge in [0.25, 0.3) is 0 Å². The van der Waals surface area contributed by atoms with Crippen LogP contribution in [0.2, 0.25) is 0 Å². The molecule has 2 aliphatic heterocycles. The molecular weight excluding hydrogens is 378 g/mol. The summed E-state index contributed by atoms with van der Waals surface area (Å²) in [4.78, 5) is 4.76. The third-order valence-electron chi connectivity index (χ3n) is 6.39. The maximum absolute atomic E-state index is 10.5. The molecule has 0 aromatic heterocycles. The van der Waals surface area contributed by atoms with Crippen LogP contribution >= 0.6 is 0 Å².